The van der Waals surface area contributed by atoms with E-state index in [1.165, 1.54) is 16.4 Å². The van der Waals surface area contributed by atoms with Gasteiger partial charge in [-0.2, -0.15) is 9.20 Å². The zero-order chi connectivity index (χ0) is 18.4. The lowest BCUT2D eigenvalue weighted by molar-refractivity contribution is 0.642. The van der Waals surface area contributed by atoms with Crippen LogP contribution in [0.2, 0.25) is 0 Å². The molecule has 5 aromatic rings. The first kappa shape index (κ1) is 15.9. The molecule has 0 aliphatic rings. The molecule has 0 amide bonds. The summed E-state index contributed by atoms with van der Waals surface area (Å²) in [5.74, 6) is 0.938. The van der Waals surface area contributed by atoms with E-state index in [9.17, 15) is 4.79 Å². The van der Waals surface area contributed by atoms with Gasteiger partial charge in [0.15, 0.2) is 10.8 Å². The Balaban J connectivity index is 1.59. The molecule has 9 heteroatoms. The third-order valence-corrected chi connectivity index (χ3v) is 5.10. The average molecular weight is 375 g/mol. The third kappa shape index (κ3) is 2.63. The Labute approximate surface area is 156 Å². The normalized spacial score (nSPS) is 11.6. The van der Waals surface area contributed by atoms with Crippen molar-refractivity contribution >= 4 is 39.2 Å². The van der Waals surface area contributed by atoms with Gasteiger partial charge in [-0.25, -0.2) is 9.97 Å². The van der Waals surface area contributed by atoms with Crippen molar-refractivity contribution < 1.29 is 0 Å². The molecule has 0 bridgehead atoms. The van der Waals surface area contributed by atoms with E-state index in [1.807, 2.05) is 43.3 Å². The van der Waals surface area contributed by atoms with Crippen LogP contribution in [0.3, 0.4) is 0 Å². The van der Waals surface area contributed by atoms with Crippen LogP contribution in [0.5, 0.6) is 0 Å². The number of benzene rings is 2. The molecule has 0 aliphatic carbocycles. The van der Waals surface area contributed by atoms with Gasteiger partial charge < -0.3 is 0 Å². The summed E-state index contributed by atoms with van der Waals surface area (Å²) < 4.78 is 3.04. The molecule has 0 aliphatic heterocycles. The number of aryl methyl sites for hydroxylation is 1. The second-order valence-corrected chi connectivity index (χ2v) is 6.90. The Morgan fingerprint density at radius 2 is 1.70 bits per heavy atom. The Bertz CT molecular complexity index is 1380. The van der Waals surface area contributed by atoms with Crippen LogP contribution < -0.4 is 5.56 Å². The fraction of sp³-hybridized carbons (Fsp3) is 0.111. The maximum Gasteiger partial charge on any atom is 0.278 e. The molecule has 3 aromatic heterocycles. The van der Waals surface area contributed by atoms with E-state index in [1.54, 1.807) is 16.6 Å². The van der Waals surface area contributed by atoms with Crippen molar-refractivity contribution in [2.45, 2.75) is 18.0 Å². The third-order valence-electron chi connectivity index (χ3n) is 4.20. The van der Waals surface area contributed by atoms with E-state index in [2.05, 4.69) is 25.4 Å². The summed E-state index contributed by atoms with van der Waals surface area (Å²) in [7, 11) is 0. The van der Waals surface area contributed by atoms with Crippen molar-refractivity contribution in [2.75, 3.05) is 0 Å². The van der Waals surface area contributed by atoms with E-state index >= 15 is 0 Å². The van der Waals surface area contributed by atoms with Crippen LogP contribution in [-0.2, 0) is 5.88 Å². The molecule has 0 N–H and O–H groups in total. The molecule has 0 fully saturated rings. The van der Waals surface area contributed by atoms with Gasteiger partial charge >= 0.3 is 0 Å². The minimum Gasteiger partial charge on any atom is -0.267 e. The lowest BCUT2D eigenvalue weighted by atomic mass is 10.2. The fourth-order valence-electron chi connectivity index (χ4n) is 2.95. The summed E-state index contributed by atoms with van der Waals surface area (Å²) in [6.45, 7) is 1.84. The highest BCUT2D eigenvalue weighted by molar-refractivity contribution is 7.98. The van der Waals surface area contributed by atoms with Crippen LogP contribution in [-0.4, -0.2) is 34.6 Å². The topological polar surface area (TPSA) is 90.9 Å². The highest BCUT2D eigenvalue weighted by Gasteiger charge is 2.13. The average Bonchev–Trinajstić information content (AvgIpc) is 3.09. The van der Waals surface area contributed by atoms with Crippen LogP contribution in [0.4, 0.5) is 0 Å². The second kappa shape index (κ2) is 6.13. The molecule has 0 spiro atoms. The maximum absolute atomic E-state index is 12.6. The van der Waals surface area contributed by atoms with Gasteiger partial charge in [-0.05, 0) is 31.2 Å². The molecule has 3 heterocycles. The predicted molar refractivity (Wildman–Crippen MR) is 103 cm³/mol. The molecule has 8 nitrogen and oxygen atoms in total. The number of hydrogen-bond acceptors (Lipinski definition) is 7. The Hall–Kier alpha value is -3.33. The van der Waals surface area contributed by atoms with Gasteiger partial charge in [0.05, 0.1) is 16.8 Å². The minimum atomic E-state index is -0.181. The molecule has 0 saturated carbocycles. The van der Waals surface area contributed by atoms with Gasteiger partial charge in [0.2, 0.25) is 0 Å². The van der Waals surface area contributed by atoms with E-state index in [0.717, 1.165) is 16.6 Å². The number of rotatable bonds is 3. The molecule has 0 saturated heterocycles. The summed E-state index contributed by atoms with van der Waals surface area (Å²) in [5.41, 5.74) is 1.98. The summed E-state index contributed by atoms with van der Waals surface area (Å²) >= 11 is 1.36. The molecule has 0 radical (unpaired) electrons. The van der Waals surface area contributed by atoms with E-state index in [0.29, 0.717) is 21.9 Å². The smallest absolute Gasteiger partial charge is 0.267 e. The van der Waals surface area contributed by atoms with Crippen molar-refractivity contribution in [3.05, 3.63) is 64.7 Å². The van der Waals surface area contributed by atoms with Crippen LogP contribution in [0.25, 0.3) is 27.5 Å². The van der Waals surface area contributed by atoms with Gasteiger partial charge in [-0.15, -0.1) is 10.2 Å². The zero-order valence-corrected chi connectivity index (χ0v) is 15.1. The van der Waals surface area contributed by atoms with Gasteiger partial charge in [-0.1, -0.05) is 41.2 Å². The first-order valence-electron chi connectivity index (χ1n) is 8.28. The van der Waals surface area contributed by atoms with E-state index < -0.39 is 0 Å². The summed E-state index contributed by atoms with van der Waals surface area (Å²) in [4.78, 5) is 21.8. The van der Waals surface area contributed by atoms with Crippen LogP contribution in [0, 0.1) is 6.92 Å². The van der Waals surface area contributed by atoms with Crippen LogP contribution in [0.1, 0.15) is 5.82 Å². The van der Waals surface area contributed by atoms with Crippen molar-refractivity contribution in [1.29, 1.82) is 0 Å². The van der Waals surface area contributed by atoms with Crippen LogP contribution >= 0.6 is 11.8 Å². The van der Waals surface area contributed by atoms with E-state index in [4.69, 9.17) is 0 Å². The minimum absolute atomic E-state index is 0.181. The molecule has 132 valence electrons. The summed E-state index contributed by atoms with van der Waals surface area (Å²) in [6, 6.07) is 15.0. The Morgan fingerprint density at radius 1 is 0.963 bits per heavy atom. The Morgan fingerprint density at radius 3 is 2.56 bits per heavy atom. The molecule has 0 atom stereocenters. The summed E-state index contributed by atoms with van der Waals surface area (Å²) in [6.07, 6.45) is 0. The standard InChI is InChI=1S/C18H13N7OS/c1-11-19-16-12-6-2-4-8-14(12)20-18(25(16)22-11)27-10-24-17(26)13-7-3-5-9-15(13)21-23-24/h2-9H,10H2,1H3. The van der Waals surface area contributed by atoms with Gasteiger partial charge in [0.1, 0.15) is 11.3 Å². The first-order chi connectivity index (χ1) is 13.2. The van der Waals surface area contributed by atoms with E-state index in [-0.39, 0.29) is 11.4 Å². The molecule has 5 rings (SSSR count). The molecular weight excluding hydrogens is 362 g/mol. The molecular formula is C18H13N7OS. The number of nitrogens with zero attached hydrogens (tertiary/aromatic N) is 7. The zero-order valence-electron chi connectivity index (χ0n) is 14.3. The van der Waals surface area contributed by atoms with Gasteiger partial charge in [0.25, 0.3) is 5.56 Å². The lowest BCUT2D eigenvalue weighted by Gasteiger charge is -2.07. The largest absolute Gasteiger partial charge is 0.278 e. The predicted octanol–water partition coefficient (Wildman–Crippen LogP) is 2.44. The number of hydrogen-bond donors (Lipinski definition) is 0. The van der Waals surface area contributed by atoms with Crippen molar-refractivity contribution in [3.63, 3.8) is 0 Å². The van der Waals surface area contributed by atoms with Crippen molar-refractivity contribution in [3.8, 4) is 0 Å². The number of thioether (sulfide) groups is 1. The Kier molecular flexibility index (Phi) is 3.61. The number of para-hydroxylation sites is 1. The summed E-state index contributed by atoms with van der Waals surface area (Å²) in [5, 5.41) is 14.7. The number of fused-ring (bicyclic) bond motifs is 4. The molecule has 27 heavy (non-hydrogen) atoms. The highest BCUT2D eigenvalue weighted by atomic mass is 32.2. The van der Waals surface area contributed by atoms with Gasteiger partial charge in [0, 0.05) is 5.39 Å². The van der Waals surface area contributed by atoms with Crippen molar-refractivity contribution in [1.82, 2.24) is 34.6 Å². The SMILES string of the molecule is Cc1nc2c3ccccc3nc(SCn3nnc4ccccc4c3=O)n2n1. The quantitative estimate of drug-likeness (QED) is 0.353. The first-order valence-corrected chi connectivity index (χ1v) is 9.27. The van der Waals surface area contributed by atoms with Crippen molar-refractivity contribution in [2.24, 2.45) is 0 Å². The van der Waals surface area contributed by atoms with Gasteiger partial charge in [-0.3, -0.25) is 4.79 Å². The maximum atomic E-state index is 12.6. The second-order valence-electron chi connectivity index (χ2n) is 5.99. The fourth-order valence-corrected chi connectivity index (χ4v) is 3.77. The van der Waals surface area contributed by atoms with Crippen LogP contribution in [0.15, 0.2) is 58.5 Å². The lowest BCUT2D eigenvalue weighted by Crippen LogP contribution is -2.23. The molecule has 2 aromatic carbocycles. The number of aromatic nitrogens is 7. The highest BCUT2D eigenvalue weighted by Crippen LogP contribution is 2.24. The molecule has 0 unspecified atom stereocenters. The monoisotopic (exact) mass is 375 g/mol.